The summed E-state index contributed by atoms with van der Waals surface area (Å²) in [5.41, 5.74) is -0.360. The van der Waals surface area contributed by atoms with Gasteiger partial charge in [-0.25, -0.2) is 13.4 Å². The molecule has 1 aromatic heterocycles. The normalized spacial score (nSPS) is 11.2. The Hall–Kier alpha value is -1.37. The number of nitrogens with one attached hydrogen (secondary N) is 2. The Bertz CT molecular complexity index is 451. The number of anilines is 1. The van der Waals surface area contributed by atoms with E-state index in [1.54, 1.807) is 0 Å². The number of rotatable bonds is 4. The second-order valence-electron chi connectivity index (χ2n) is 2.82. The van der Waals surface area contributed by atoms with Gasteiger partial charge >= 0.3 is 0 Å². The minimum Gasteiger partial charge on any atom is -0.364 e. The third-order valence-corrected chi connectivity index (χ3v) is 2.42. The van der Waals surface area contributed by atoms with Crippen molar-refractivity contribution in [1.29, 1.82) is 0 Å². The van der Waals surface area contributed by atoms with Crippen LogP contribution in [0.5, 0.6) is 0 Å². The molecular formula is C7H11N3O3S. The van der Waals surface area contributed by atoms with E-state index in [0.29, 0.717) is 0 Å². The Labute approximate surface area is 81.3 Å². The third-order valence-electron chi connectivity index (χ3n) is 1.47. The fraction of sp³-hybridized carbons (Fsp3) is 0.429. The van der Waals surface area contributed by atoms with E-state index in [0.717, 1.165) is 6.26 Å². The van der Waals surface area contributed by atoms with Gasteiger partial charge in [0.2, 0.25) is 0 Å². The summed E-state index contributed by atoms with van der Waals surface area (Å²) in [6, 6.07) is 0. The molecule has 0 saturated heterocycles. The lowest BCUT2D eigenvalue weighted by Crippen LogP contribution is -2.20. The van der Waals surface area contributed by atoms with E-state index >= 15 is 0 Å². The van der Waals surface area contributed by atoms with E-state index in [1.807, 2.05) is 0 Å². The Balaban J connectivity index is 2.55. The second kappa shape index (κ2) is 4.23. The molecule has 0 fully saturated rings. The van der Waals surface area contributed by atoms with Gasteiger partial charge in [0.1, 0.15) is 9.84 Å². The maximum atomic E-state index is 11.0. The van der Waals surface area contributed by atoms with Crippen molar-refractivity contribution in [3.63, 3.8) is 0 Å². The summed E-state index contributed by atoms with van der Waals surface area (Å²) in [5.74, 6) is 0.111. The number of hydrogen-bond donors (Lipinski definition) is 2. The van der Waals surface area contributed by atoms with Gasteiger partial charge in [-0.3, -0.25) is 4.79 Å². The zero-order valence-electron chi connectivity index (χ0n) is 7.65. The molecule has 0 aliphatic heterocycles. The summed E-state index contributed by atoms with van der Waals surface area (Å²) in [4.78, 5) is 17.2. The van der Waals surface area contributed by atoms with Crippen LogP contribution in [-0.2, 0) is 9.84 Å². The molecule has 0 amide bonds. The molecule has 0 aromatic carbocycles. The molecule has 78 valence electrons. The molecule has 0 aliphatic rings. The van der Waals surface area contributed by atoms with Crippen LogP contribution in [-0.4, -0.2) is 36.9 Å². The number of H-pyrrole nitrogens is 1. The standard InChI is InChI=1S/C7H11N3O3S/c1-14(12,13)5-4-9-6-7(11)10-3-2-8-6/h2-3H,4-5H2,1H3,(H,8,9)(H,10,11). The fourth-order valence-electron chi connectivity index (χ4n) is 0.832. The molecule has 1 aromatic rings. The van der Waals surface area contributed by atoms with Crippen LogP contribution in [0.15, 0.2) is 17.2 Å². The largest absolute Gasteiger partial charge is 0.364 e. The summed E-state index contributed by atoms with van der Waals surface area (Å²) in [5, 5.41) is 2.64. The van der Waals surface area contributed by atoms with E-state index in [4.69, 9.17) is 0 Å². The summed E-state index contributed by atoms with van der Waals surface area (Å²) in [6.07, 6.45) is 3.96. The molecule has 2 N–H and O–H groups in total. The first kappa shape index (κ1) is 10.7. The van der Waals surface area contributed by atoms with Crippen molar-refractivity contribution in [3.8, 4) is 0 Å². The SMILES string of the molecule is CS(=O)(=O)CCNc1ncc[nH]c1=O. The van der Waals surface area contributed by atoms with Crippen LogP contribution < -0.4 is 10.9 Å². The molecule has 0 spiro atoms. The Kier molecular flexibility index (Phi) is 3.23. The number of aromatic nitrogens is 2. The molecule has 0 bridgehead atoms. The van der Waals surface area contributed by atoms with Crippen LogP contribution in [0.4, 0.5) is 5.82 Å². The van der Waals surface area contributed by atoms with Crippen molar-refractivity contribution >= 4 is 15.7 Å². The molecule has 0 radical (unpaired) electrons. The quantitative estimate of drug-likeness (QED) is 0.690. The minimum absolute atomic E-state index is 0.0248. The van der Waals surface area contributed by atoms with Gasteiger partial charge in [-0.15, -0.1) is 0 Å². The first-order chi connectivity index (χ1) is 6.49. The highest BCUT2D eigenvalue weighted by Crippen LogP contribution is 1.90. The number of nitrogens with zero attached hydrogens (tertiary/aromatic N) is 1. The van der Waals surface area contributed by atoms with Crippen molar-refractivity contribution in [1.82, 2.24) is 9.97 Å². The lowest BCUT2D eigenvalue weighted by molar-refractivity contribution is 0.602. The Morgan fingerprint density at radius 1 is 1.57 bits per heavy atom. The van der Waals surface area contributed by atoms with Gasteiger partial charge in [0.25, 0.3) is 5.56 Å². The van der Waals surface area contributed by atoms with Crippen LogP contribution in [0.1, 0.15) is 0 Å². The lowest BCUT2D eigenvalue weighted by Gasteiger charge is -2.01. The topological polar surface area (TPSA) is 91.9 Å². The number of sulfone groups is 1. The van der Waals surface area contributed by atoms with Crippen LogP contribution in [0.25, 0.3) is 0 Å². The molecule has 1 heterocycles. The second-order valence-corrected chi connectivity index (χ2v) is 5.08. The minimum atomic E-state index is -3.01. The van der Waals surface area contributed by atoms with Crippen molar-refractivity contribution in [2.75, 3.05) is 23.9 Å². The van der Waals surface area contributed by atoms with Crippen molar-refractivity contribution in [3.05, 3.63) is 22.7 Å². The van der Waals surface area contributed by atoms with E-state index in [9.17, 15) is 13.2 Å². The molecule has 6 nitrogen and oxygen atoms in total. The van der Waals surface area contributed by atoms with Gasteiger partial charge in [-0.2, -0.15) is 0 Å². The summed E-state index contributed by atoms with van der Waals surface area (Å²) >= 11 is 0. The average molecular weight is 217 g/mol. The molecular weight excluding hydrogens is 206 g/mol. The molecule has 1 rings (SSSR count). The molecule has 0 atom stereocenters. The van der Waals surface area contributed by atoms with Crippen molar-refractivity contribution < 1.29 is 8.42 Å². The van der Waals surface area contributed by atoms with Gasteiger partial charge in [0.15, 0.2) is 5.82 Å². The van der Waals surface area contributed by atoms with Crippen LogP contribution in [0.3, 0.4) is 0 Å². The first-order valence-electron chi connectivity index (χ1n) is 3.94. The number of hydrogen-bond acceptors (Lipinski definition) is 5. The van der Waals surface area contributed by atoms with E-state index in [1.165, 1.54) is 12.4 Å². The summed E-state index contributed by atoms with van der Waals surface area (Å²) < 4.78 is 21.5. The predicted octanol–water partition coefficient (Wildman–Crippen LogP) is -0.774. The zero-order chi connectivity index (χ0) is 10.6. The molecule has 14 heavy (non-hydrogen) atoms. The van der Waals surface area contributed by atoms with Gasteiger partial charge < -0.3 is 10.3 Å². The van der Waals surface area contributed by atoms with Crippen LogP contribution >= 0.6 is 0 Å². The average Bonchev–Trinajstić information content (AvgIpc) is 2.06. The monoisotopic (exact) mass is 217 g/mol. The van der Waals surface area contributed by atoms with Gasteiger partial charge in [0, 0.05) is 25.2 Å². The smallest absolute Gasteiger partial charge is 0.290 e. The Morgan fingerprint density at radius 2 is 2.29 bits per heavy atom. The van der Waals surface area contributed by atoms with Crippen LogP contribution in [0.2, 0.25) is 0 Å². The lowest BCUT2D eigenvalue weighted by atomic mass is 10.6. The third kappa shape index (κ3) is 3.56. The molecule has 7 heteroatoms. The van der Waals surface area contributed by atoms with Crippen molar-refractivity contribution in [2.45, 2.75) is 0 Å². The number of aromatic amines is 1. The first-order valence-corrected chi connectivity index (χ1v) is 6.00. The summed E-state index contributed by atoms with van der Waals surface area (Å²) in [7, 11) is -3.01. The van der Waals surface area contributed by atoms with Gasteiger partial charge in [0.05, 0.1) is 5.75 Å². The zero-order valence-corrected chi connectivity index (χ0v) is 8.47. The maximum absolute atomic E-state index is 11.0. The van der Waals surface area contributed by atoms with E-state index in [-0.39, 0.29) is 23.7 Å². The van der Waals surface area contributed by atoms with E-state index in [2.05, 4.69) is 15.3 Å². The molecule has 0 saturated carbocycles. The summed E-state index contributed by atoms with van der Waals surface area (Å²) in [6.45, 7) is 0.179. The highest BCUT2D eigenvalue weighted by atomic mass is 32.2. The highest BCUT2D eigenvalue weighted by molar-refractivity contribution is 7.90. The van der Waals surface area contributed by atoms with E-state index < -0.39 is 9.84 Å². The van der Waals surface area contributed by atoms with Crippen molar-refractivity contribution in [2.24, 2.45) is 0 Å². The Morgan fingerprint density at radius 3 is 2.86 bits per heavy atom. The molecule has 0 unspecified atom stereocenters. The molecule has 0 aliphatic carbocycles. The highest BCUT2D eigenvalue weighted by Gasteiger charge is 2.03. The van der Waals surface area contributed by atoms with Gasteiger partial charge in [-0.1, -0.05) is 0 Å². The predicted molar refractivity (Wildman–Crippen MR) is 53.1 cm³/mol. The maximum Gasteiger partial charge on any atom is 0.290 e. The van der Waals surface area contributed by atoms with Gasteiger partial charge in [-0.05, 0) is 0 Å². The fourth-order valence-corrected chi connectivity index (χ4v) is 1.31. The van der Waals surface area contributed by atoms with Crippen LogP contribution in [0, 0.1) is 0 Å².